The summed E-state index contributed by atoms with van der Waals surface area (Å²) in [6.45, 7) is 10.0. The topological polar surface area (TPSA) is 44.8 Å². The lowest BCUT2D eigenvalue weighted by Gasteiger charge is -2.36. The van der Waals surface area contributed by atoms with Gasteiger partial charge in [-0.05, 0) is 39.4 Å². The van der Waals surface area contributed by atoms with Gasteiger partial charge in [-0.2, -0.15) is 0 Å². The molecule has 0 saturated carbocycles. The highest BCUT2D eigenvalue weighted by atomic mass is 16.5. The first-order valence-electron chi connectivity index (χ1n) is 7.55. The van der Waals surface area contributed by atoms with E-state index < -0.39 is 0 Å². The van der Waals surface area contributed by atoms with Crippen molar-refractivity contribution in [2.75, 3.05) is 45.9 Å². The fourth-order valence-electron chi connectivity index (χ4n) is 2.99. The van der Waals surface area contributed by atoms with Crippen LogP contribution >= 0.6 is 0 Å². The van der Waals surface area contributed by atoms with Gasteiger partial charge in [-0.3, -0.25) is 9.69 Å². The first kappa shape index (κ1) is 14.8. The Bertz CT molecular complexity index is 292. The van der Waals surface area contributed by atoms with Gasteiger partial charge >= 0.3 is 0 Å². The number of morpholine rings is 1. The van der Waals surface area contributed by atoms with Gasteiger partial charge in [-0.15, -0.1) is 0 Å². The van der Waals surface area contributed by atoms with E-state index in [1.807, 2.05) is 11.8 Å². The average Bonchev–Trinajstić information content (AvgIpc) is 2.45. The number of rotatable bonds is 4. The smallest absolute Gasteiger partial charge is 0.236 e. The summed E-state index contributed by atoms with van der Waals surface area (Å²) < 4.78 is 5.49. The minimum atomic E-state index is 0.173. The van der Waals surface area contributed by atoms with Gasteiger partial charge in [0.25, 0.3) is 0 Å². The summed E-state index contributed by atoms with van der Waals surface area (Å²) in [6.07, 6.45) is 2.48. The highest BCUT2D eigenvalue weighted by molar-refractivity contribution is 5.78. The molecule has 0 bridgehead atoms. The lowest BCUT2D eigenvalue weighted by molar-refractivity contribution is -0.140. The zero-order chi connectivity index (χ0) is 13.7. The summed E-state index contributed by atoms with van der Waals surface area (Å²) in [5, 5.41) is 3.38. The number of hydrogen-bond donors (Lipinski definition) is 1. The summed E-state index contributed by atoms with van der Waals surface area (Å²) in [5.41, 5.74) is 0. The second-order valence-corrected chi connectivity index (χ2v) is 5.57. The Morgan fingerprint density at radius 3 is 2.79 bits per heavy atom. The molecule has 1 amide bonds. The molecule has 2 heterocycles. The van der Waals surface area contributed by atoms with Crippen molar-refractivity contribution in [1.82, 2.24) is 15.1 Å². The monoisotopic (exact) mass is 269 g/mol. The Balaban J connectivity index is 1.84. The molecule has 5 heteroatoms. The quantitative estimate of drug-likeness (QED) is 0.798. The lowest BCUT2D eigenvalue weighted by Crippen LogP contribution is -2.51. The maximum Gasteiger partial charge on any atom is 0.236 e. The molecule has 1 unspecified atom stereocenters. The maximum atomic E-state index is 12.4. The molecular formula is C14H27N3O2. The fraction of sp³-hybridized carbons (Fsp3) is 0.929. The number of amides is 1. The second kappa shape index (κ2) is 7.22. The van der Waals surface area contributed by atoms with Crippen LogP contribution in [-0.4, -0.2) is 73.7 Å². The minimum absolute atomic E-state index is 0.173. The average molecular weight is 269 g/mol. The minimum Gasteiger partial charge on any atom is -0.375 e. The number of nitrogens with one attached hydrogen (secondary N) is 1. The summed E-state index contributed by atoms with van der Waals surface area (Å²) in [6, 6.07) is 0.564. The van der Waals surface area contributed by atoms with Crippen LogP contribution in [0.1, 0.15) is 26.7 Å². The number of carbonyl (C=O) groups is 1. The number of piperidine rings is 1. The van der Waals surface area contributed by atoms with Gasteiger partial charge < -0.3 is 15.0 Å². The van der Waals surface area contributed by atoms with Crippen molar-refractivity contribution in [1.29, 1.82) is 0 Å². The van der Waals surface area contributed by atoms with Crippen molar-refractivity contribution in [3.8, 4) is 0 Å². The highest BCUT2D eigenvalue weighted by Crippen LogP contribution is 2.13. The summed E-state index contributed by atoms with van der Waals surface area (Å²) >= 11 is 0. The molecule has 0 aromatic heterocycles. The molecule has 0 radical (unpaired) electrons. The van der Waals surface area contributed by atoms with Crippen LogP contribution in [0.4, 0.5) is 0 Å². The van der Waals surface area contributed by atoms with E-state index in [-0.39, 0.29) is 12.0 Å². The van der Waals surface area contributed by atoms with E-state index >= 15 is 0 Å². The van der Waals surface area contributed by atoms with Crippen molar-refractivity contribution in [2.24, 2.45) is 0 Å². The Hall–Kier alpha value is -0.650. The zero-order valence-corrected chi connectivity index (χ0v) is 12.2. The van der Waals surface area contributed by atoms with E-state index in [0.29, 0.717) is 19.2 Å². The predicted molar refractivity (Wildman–Crippen MR) is 75.1 cm³/mol. The van der Waals surface area contributed by atoms with Crippen LogP contribution in [0, 0.1) is 0 Å². The van der Waals surface area contributed by atoms with E-state index in [1.54, 1.807) is 0 Å². The largest absolute Gasteiger partial charge is 0.375 e. The van der Waals surface area contributed by atoms with Crippen LogP contribution in [-0.2, 0) is 9.53 Å². The first-order chi connectivity index (χ1) is 9.20. The number of hydrogen-bond acceptors (Lipinski definition) is 4. The Kier molecular flexibility index (Phi) is 5.60. The van der Waals surface area contributed by atoms with Gasteiger partial charge in [-0.1, -0.05) is 6.92 Å². The van der Waals surface area contributed by atoms with Gasteiger partial charge in [0.1, 0.15) is 0 Å². The number of likely N-dealkylation sites (N-methyl/N-ethyl adjacent to an activating group) is 1. The summed E-state index contributed by atoms with van der Waals surface area (Å²) in [4.78, 5) is 16.7. The zero-order valence-electron chi connectivity index (χ0n) is 12.2. The Morgan fingerprint density at radius 2 is 2.16 bits per heavy atom. The van der Waals surface area contributed by atoms with Gasteiger partial charge in [0.2, 0.25) is 5.91 Å². The maximum absolute atomic E-state index is 12.4. The van der Waals surface area contributed by atoms with Crippen LogP contribution in [0.5, 0.6) is 0 Å². The van der Waals surface area contributed by atoms with E-state index in [2.05, 4.69) is 17.1 Å². The molecule has 0 spiro atoms. The molecule has 2 aliphatic rings. The van der Waals surface area contributed by atoms with Gasteiger partial charge in [0.05, 0.1) is 19.3 Å². The fourth-order valence-corrected chi connectivity index (χ4v) is 2.99. The van der Waals surface area contributed by atoms with E-state index in [1.165, 1.54) is 0 Å². The lowest BCUT2D eigenvalue weighted by atomic mass is 10.0. The van der Waals surface area contributed by atoms with Crippen molar-refractivity contribution >= 4 is 5.91 Å². The Morgan fingerprint density at radius 1 is 1.42 bits per heavy atom. The number of nitrogens with zero attached hydrogens (tertiary/aromatic N) is 2. The number of ether oxygens (including phenoxy) is 1. The molecule has 110 valence electrons. The summed E-state index contributed by atoms with van der Waals surface area (Å²) in [5.74, 6) is 0.260. The molecule has 2 saturated heterocycles. The third-order valence-corrected chi connectivity index (χ3v) is 4.16. The molecule has 2 rings (SSSR count). The molecule has 1 atom stereocenters. The highest BCUT2D eigenvalue weighted by Gasteiger charge is 2.26. The molecule has 5 nitrogen and oxygen atoms in total. The van der Waals surface area contributed by atoms with E-state index in [9.17, 15) is 4.79 Å². The van der Waals surface area contributed by atoms with Crippen LogP contribution in [0.25, 0.3) is 0 Å². The molecule has 0 aromatic carbocycles. The third-order valence-electron chi connectivity index (χ3n) is 4.16. The Labute approximate surface area is 116 Å². The van der Waals surface area contributed by atoms with Crippen molar-refractivity contribution in [2.45, 2.75) is 38.8 Å². The van der Waals surface area contributed by atoms with Crippen LogP contribution in [0.15, 0.2) is 0 Å². The second-order valence-electron chi connectivity index (χ2n) is 5.57. The molecule has 19 heavy (non-hydrogen) atoms. The molecule has 2 fully saturated rings. The molecule has 1 N–H and O–H groups in total. The van der Waals surface area contributed by atoms with Crippen molar-refractivity contribution < 1.29 is 9.53 Å². The standard InChI is InChI=1S/C14H27N3O2/c1-3-16(13-4-6-15-7-5-13)11-14(18)17-8-9-19-12(2)10-17/h12-13,15H,3-11H2,1-2H3. The van der Waals surface area contributed by atoms with Gasteiger partial charge in [-0.25, -0.2) is 0 Å². The molecule has 2 aliphatic heterocycles. The van der Waals surface area contributed by atoms with Crippen molar-refractivity contribution in [3.63, 3.8) is 0 Å². The third kappa shape index (κ3) is 4.16. The van der Waals surface area contributed by atoms with Crippen LogP contribution in [0.2, 0.25) is 0 Å². The molecule has 0 aromatic rings. The van der Waals surface area contributed by atoms with Gasteiger partial charge in [0, 0.05) is 19.1 Å². The van der Waals surface area contributed by atoms with Crippen molar-refractivity contribution in [3.05, 3.63) is 0 Å². The SMILES string of the molecule is CCN(CC(=O)N1CCOC(C)C1)C1CCNCC1. The summed E-state index contributed by atoms with van der Waals surface area (Å²) in [7, 11) is 0. The number of carbonyl (C=O) groups excluding carboxylic acids is 1. The molecule has 0 aliphatic carbocycles. The van der Waals surface area contributed by atoms with Gasteiger partial charge in [0.15, 0.2) is 0 Å². The van der Waals surface area contributed by atoms with E-state index in [4.69, 9.17) is 4.74 Å². The van der Waals surface area contributed by atoms with Crippen LogP contribution in [0.3, 0.4) is 0 Å². The first-order valence-corrected chi connectivity index (χ1v) is 7.55. The predicted octanol–water partition coefficient (Wildman–Crippen LogP) is 0.308. The normalized spacial score (nSPS) is 25.8. The van der Waals surface area contributed by atoms with E-state index in [0.717, 1.165) is 45.6 Å². The molecular weight excluding hydrogens is 242 g/mol. The van der Waals surface area contributed by atoms with Crippen LogP contribution < -0.4 is 5.32 Å².